The Hall–Kier alpha value is -2.46. The maximum atomic E-state index is 13.0. The molecule has 1 aromatic carbocycles. The summed E-state index contributed by atoms with van der Waals surface area (Å²) in [5.41, 5.74) is 2.25. The second-order valence-electron chi connectivity index (χ2n) is 8.92. The molecule has 33 heavy (non-hydrogen) atoms. The predicted molar refractivity (Wildman–Crippen MR) is 128 cm³/mol. The summed E-state index contributed by atoms with van der Waals surface area (Å²) < 4.78 is 0. The summed E-state index contributed by atoms with van der Waals surface area (Å²) in [6.07, 6.45) is 1.84. The highest BCUT2D eigenvalue weighted by molar-refractivity contribution is 7.13. The van der Waals surface area contributed by atoms with Crippen LogP contribution in [0.4, 0.5) is 0 Å². The maximum absolute atomic E-state index is 13.0. The fourth-order valence-electron chi connectivity index (χ4n) is 4.60. The molecule has 0 saturated heterocycles. The van der Waals surface area contributed by atoms with Gasteiger partial charge in [-0.15, -0.1) is 11.3 Å². The number of hydrogen-bond donors (Lipinski definition) is 4. The largest absolute Gasteiger partial charge is 0.393 e. The molecule has 2 amide bonds. The Labute approximate surface area is 200 Å². The maximum Gasteiger partial charge on any atom is 0.280 e. The third-order valence-corrected chi connectivity index (χ3v) is 7.72. The highest BCUT2D eigenvalue weighted by atomic mass is 35.5. The molecular weight excluding hydrogens is 462 g/mol. The average molecular weight is 488 g/mol. The highest BCUT2D eigenvalue weighted by Gasteiger charge is 2.33. The zero-order chi connectivity index (χ0) is 23.1. The fourth-order valence-corrected chi connectivity index (χ4v) is 5.87. The van der Waals surface area contributed by atoms with E-state index in [1.54, 1.807) is 18.2 Å². The van der Waals surface area contributed by atoms with Gasteiger partial charge in [0.05, 0.1) is 17.8 Å². The van der Waals surface area contributed by atoms with Crippen molar-refractivity contribution in [2.45, 2.75) is 50.4 Å². The number of aliphatic hydroxyl groups is 1. The average Bonchev–Trinajstić information content (AvgIpc) is 3.39. The van der Waals surface area contributed by atoms with E-state index in [-0.39, 0.29) is 23.9 Å². The summed E-state index contributed by atoms with van der Waals surface area (Å²) in [6, 6.07) is 6.49. The van der Waals surface area contributed by atoms with E-state index in [9.17, 15) is 14.7 Å². The van der Waals surface area contributed by atoms with E-state index < -0.39 is 6.10 Å². The first-order valence-corrected chi connectivity index (χ1v) is 12.3. The van der Waals surface area contributed by atoms with Gasteiger partial charge in [0.25, 0.3) is 11.8 Å². The number of nitrogens with zero attached hydrogens (tertiary/aromatic N) is 2. The van der Waals surface area contributed by atoms with Gasteiger partial charge in [-0.2, -0.15) is 0 Å². The van der Waals surface area contributed by atoms with E-state index in [0.29, 0.717) is 35.0 Å². The fraction of sp³-hybridized carbons (Fsp3) is 0.435. The van der Waals surface area contributed by atoms with Gasteiger partial charge in [0.1, 0.15) is 5.69 Å². The van der Waals surface area contributed by atoms with Crippen LogP contribution >= 0.6 is 22.9 Å². The Morgan fingerprint density at radius 1 is 1.21 bits per heavy atom. The summed E-state index contributed by atoms with van der Waals surface area (Å²) in [4.78, 5) is 36.9. The van der Waals surface area contributed by atoms with Crippen molar-refractivity contribution in [3.63, 3.8) is 0 Å². The third-order valence-electron chi connectivity index (χ3n) is 6.40. The first-order valence-electron chi connectivity index (χ1n) is 11.1. The quantitative estimate of drug-likeness (QED) is 0.452. The SMILES string of the molecule is CN1CCc2nc(C(=O)N[C@@H]3CC(O)CC[C@@H]3NC(=O)c3cc4cc(Cl)ccc4[nH]3)sc2C1. The minimum absolute atomic E-state index is 0.254. The van der Waals surface area contributed by atoms with Crippen molar-refractivity contribution < 1.29 is 14.7 Å². The topological polar surface area (TPSA) is 110 Å². The van der Waals surface area contributed by atoms with Gasteiger partial charge in [-0.05, 0) is 50.6 Å². The van der Waals surface area contributed by atoms with Gasteiger partial charge in [0.2, 0.25) is 0 Å². The number of carbonyl (C=O) groups is 2. The van der Waals surface area contributed by atoms with Crippen LogP contribution in [-0.4, -0.2) is 63.6 Å². The summed E-state index contributed by atoms with van der Waals surface area (Å²) in [5, 5.41) is 18.2. The van der Waals surface area contributed by atoms with Crippen LogP contribution in [0.2, 0.25) is 5.02 Å². The third kappa shape index (κ3) is 4.77. The molecule has 1 aliphatic carbocycles. The monoisotopic (exact) mass is 487 g/mol. The van der Waals surface area contributed by atoms with E-state index in [0.717, 1.165) is 41.0 Å². The molecule has 0 bridgehead atoms. The summed E-state index contributed by atoms with van der Waals surface area (Å²) >= 11 is 7.47. The van der Waals surface area contributed by atoms with Crippen molar-refractivity contribution in [3.05, 3.63) is 50.6 Å². The zero-order valence-electron chi connectivity index (χ0n) is 18.2. The molecule has 1 saturated carbocycles. The van der Waals surface area contributed by atoms with Crippen molar-refractivity contribution in [1.82, 2.24) is 25.5 Å². The van der Waals surface area contributed by atoms with Crippen LogP contribution in [0.15, 0.2) is 24.3 Å². The molecule has 3 heterocycles. The van der Waals surface area contributed by atoms with Crippen molar-refractivity contribution >= 4 is 45.7 Å². The minimum atomic E-state index is -0.517. The lowest BCUT2D eigenvalue weighted by Gasteiger charge is -2.34. The second kappa shape index (κ2) is 9.06. The normalized spacial score (nSPS) is 23.3. The van der Waals surface area contributed by atoms with Gasteiger partial charge in [-0.3, -0.25) is 9.59 Å². The lowest BCUT2D eigenvalue weighted by Crippen LogP contribution is -2.55. The number of amides is 2. The number of aromatic amines is 1. The van der Waals surface area contributed by atoms with E-state index in [2.05, 4.69) is 32.5 Å². The molecule has 8 nitrogen and oxygen atoms in total. The molecule has 5 rings (SSSR count). The molecule has 174 valence electrons. The molecule has 2 aliphatic rings. The molecule has 4 N–H and O–H groups in total. The van der Waals surface area contributed by atoms with Crippen LogP contribution in [-0.2, 0) is 13.0 Å². The van der Waals surface area contributed by atoms with E-state index in [1.165, 1.54) is 11.3 Å². The van der Waals surface area contributed by atoms with E-state index >= 15 is 0 Å². The number of carbonyl (C=O) groups excluding carboxylic acids is 2. The standard InChI is InChI=1S/C23H26ClN5O3S/c1-29-7-6-17-20(11-29)33-23(28-17)22(32)27-18-10-14(30)3-5-16(18)26-21(31)19-9-12-8-13(24)2-4-15(12)25-19/h2,4,8-9,14,16,18,25,30H,3,5-7,10-11H2,1H3,(H,26,31)(H,27,32)/t14?,16-,18+/m0/s1. The first kappa shape index (κ1) is 22.3. The smallest absolute Gasteiger partial charge is 0.280 e. The Kier molecular flexibility index (Phi) is 6.13. The number of likely N-dealkylation sites (N-methyl/N-ethyl adjacent to an activating group) is 1. The molecule has 0 radical (unpaired) electrons. The van der Waals surface area contributed by atoms with Gasteiger partial charge in [-0.1, -0.05) is 11.6 Å². The minimum Gasteiger partial charge on any atom is -0.393 e. The van der Waals surface area contributed by atoms with Gasteiger partial charge in [0, 0.05) is 46.4 Å². The molecule has 1 unspecified atom stereocenters. The number of fused-ring (bicyclic) bond motifs is 2. The number of thiazole rings is 1. The van der Waals surface area contributed by atoms with Gasteiger partial charge in [-0.25, -0.2) is 4.98 Å². The van der Waals surface area contributed by atoms with E-state index in [1.807, 2.05) is 6.07 Å². The molecule has 10 heteroatoms. The Morgan fingerprint density at radius 3 is 2.88 bits per heavy atom. The Morgan fingerprint density at radius 2 is 2.03 bits per heavy atom. The van der Waals surface area contributed by atoms with Crippen molar-refractivity contribution in [3.8, 4) is 0 Å². The number of halogens is 1. The summed E-state index contributed by atoms with van der Waals surface area (Å²) in [5.74, 6) is -0.508. The predicted octanol–water partition coefficient (Wildman–Crippen LogP) is 2.71. The molecule has 0 spiro atoms. The number of rotatable bonds is 4. The molecule has 1 fully saturated rings. The van der Waals surface area contributed by atoms with Gasteiger partial charge >= 0.3 is 0 Å². The number of aliphatic hydroxyl groups excluding tert-OH is 1. The van der Waals surface area contributed by atoms with Crippen LogP contribution < -0.4 is 10.6 Å². The van der Waals surface area contributed by atoms with Crippen LogP contribution in [0, 0.1) is 0 Å². The molecule has 1 aliphatic heterocycles. The first-order chi connectivity index (χ1) is 15.9. The van der Waals surface area contributed by atoms with Crippen molar-refractivity contribution in [1.29, 1.82) is 0 Å². The van der Waals surface area contributed by atoms with Crippen molar-refractivity contribution in [2.24, 2.45) is 0 Å². The number of hydrogen-bond acceptors (Lipinski definition) is 6. The number of H-pyrrole nitrogens is 1. The van der Waals surface area contributed by atoms with Crippen LogP contribution in [0.5, 0.6) is 0 Å². The highest BCUT2D eigenvalue weighted by Crippen LogP contribution is 2.26. The van der Waals surface area contributed by atoms with Crippen LogP contribution in [0.3, 0.4) is 0 Å². The second-order valence-corrected chi connectivity index (χ2v) is 10.4. The summed E-state index contributed by atoms with van der Waals surface area (Å²) in [7, 11) is 2.06. The number of aromatic nitrogens is 2. The lowest BCUT2D eigenvalue weighted by molar-refractivity contribution is 0.0711. The lowest BCUT2D eigenvalue weighted by atomic mass is 9.88. The number of benzene rings is 1. The van der Waals surface area contributed by atoms with Crippen LogP contribution in [0.1, 0.15) is 50.1 Å². The van der Waals surface area contributed by atoms with Gasteiger partial charge < -0.3 is 25.6 Å². The van der Waals surface area contributed by atoms with Gasteiger partial charge in [0.15, 0.2) is 5.01 Å². The van der Waals surface area contributed by atoms with Crippen molar-refractivity contribution in [2.75, 3.05) is 13.6 Å². The Bertz CT molecular complexity index is 1210. The van der Waals surface area contributed by atoms with Crippen LogP contribution in [0.25, 0.3) is 10.9 Å². The molecule has 2 aromatic heterocycles. The molecule has 3 atom stereocenters. The zero-order valence-corrected chi connectivity index (χ0v) is 19.8. The molecule has 3 aromatic rings. The number of nitrogens with one attached hydrogen (secondary N) is 3. The van der Waals surface area contributed by atoms with E-state index in [4.69, 9.17) is 11.6 Å². The molecular formula is C23H26ClN5O3S. The Balaban J connectivity index is 1.29. The summed E-state index contributed by atoms with van der Waals surface area (Å²) in [6.45, 7) is 1.73.